The van der Waals surface area contributed by atoms with Crippen LogP contribution in [0, 0.1) is 0 Å². The van der Waals surface area contributed by atoms with Crippen LogP contribution in [0.4, 0.5) is 18.3 Å². The Morgan fingerprint density at radius 3 is 2.58 bits per heavy atom. The molecule has 1 atom stereocenters. The molecule has 0 saturated carbocycles. The second kappa shape index (κ2) is 6.97. The van der Waals surface area contributed by atoms with Gasteiger partial charge in [0, 0.05) is 11.9 Å². The lowest BCUT2D eigenvalue weighted by atomic mass is 10.2. The quantitative estimate of drug-likeness (QED) is 0.848. The summed E-state index contributed by atoms with van der Waals surface area (Å²) >= 11 is 0.638. The first-order valence-corrected chi connectivity index (χ1v) is 9.92. The van der Waals surface area contributed by atoms with Crippen molar-refractivity contribution in [3.63, 3.8) is 0 Å². The minimum atomic E-state index is -4.60. The zero-order valence-electron chi connectivity index (χ0n) is 13.2. The van der Waals surface area contributed by atoms with Crippen molar-refractivity contribution < 1.29 is 26.4 Å². The van der Waals surface area contributed by atoms with Crippen LogP contribution in [0.25, 0.3) is 0 Å². The van der Waals surface area contributed by atoms with E-state index in [-0.39, 0.29) is 23.0 Å². The lowest BCUT2D eigenvalue weighted by Crippen LogP contribution is -2.43. The molecule has 11 heteroatoms. The number of hydrogen-bond acceptors (Lipinski definition) is 5. The van der Waals surface area contributed by atoms with Crippen LogP contribution in [-0.2, 0) is 21.0 Å². The molecule has 1 aromatic heterocycles. The molecule has 1 aliphatic rings. The molecule has 0 bridgehead atoms. The Kier molecular flexibility index (Phi) is 5.04. The van der Waals surface area contributed by atoms with Gasteiger partial charge in [0.15, 0.2) is 10.8 Å². The molecular weight excluding hydrogens is 391 g/mol. The average Bonchev–Trinajstić information content (AvgIpc) is 3.24. The maximum Gasteiger partial charge on any atom is 0.434 e. The Balaban J connectivity index is 1.78. The van der Waals surface area contributed by atoms with Gasteiger partial charge in [0.1, 0.15) is 6.04 Å². The van der Waals surface area contributed by atoms with Gasteiger partial charge in [0.25, 0.3) is 0 Å². The zero-order chi connectivity index (χ0) is 18.9. The molecule has 0 spiro atoms. The highest BCUT2D eigenvalue weighted by atomic mass is 32.2. The fraction of sp³-hybridized carbons (Fsp3) is 0.333. The van der Waals surface area contributed by atoms with Crippen LogP contribution in [-0.4, -0.2) is 36.2 Å². The van der Waals surface area contributed by atoms with E-state index in [1.54, 1.807) is 18.2 Å². The molecule has 2 heterocycles. The minimum absolute atomic E-state index is 0.0632. The van der Waals surface area contributed by atoms with E-state index < -0.39 is 33.8 Å². The number of thiazole rings is 1. The topological polar surface area (TPSA) is 79.4 Å². The number of amides is 1. The Morgan fingerprint density at radius 1 is 1.27 bits per heavy atom. The maximum atomic E-state index is 12.7. The first kappa shape index (κ1) is 18.8. The summed E-state index contributed by atoms with van der Waals surface area (Å²) in [5.74, 6) is -0.690. The van der Waals surface area contributed by atoms with Gasteiger partial charge >= 0.3 is 6.18 Å². The van der Waals surface area contributed by atoms with Gasteiger partial charge in [-0.25, -0.2) is 13.4 Å². The summed E-state index contributed by atoms with van der Waals surface area (Å²) in [4.78, 5) is 15.8. The van der Waals surface area contributed by atoms with Gasteiger partial charge < -0.3 is 5.32 Å². The molecule has 3 rings (SSSR count). The predicted molar refractivity (Wildman–Crippen MR) is 89.1 cm³/mol. The number of halogens is 3. The summed E-state index contributed by atoms with van der Waals surface area (Å²) in [5.41, 5.74) is -1.10. The van der Waals surface area contributed by atoms with E-state index in [0.29, 0.717) is 17.8 Å². The molecule has 1 saturated heterocycles. The third kappa shape index (κ3) is 3.74. The Hall–Kier alpha value is -1.98. The molecule has 140 valence electrons. The van der Waals surface area contributed by atoms with Crippen LogP contribution in [0.1, 0.15) is 18.5 Å². The van der Waals surface area contributed by atoms with Crippen molar-refractivity contribution in [2.75, 3.05) is 11.9 Å². The molecule has 2 aromatic rings. The van der Waals surface area contributed by atoms with Crippen LogP contribution in [0.15, 0.2) is 40.6 Å². The number of nitrogens with one attached hydrogen (secondary N) is 1. The summed E-state index contributed by atoms with van der Waals surface area (Å²) < 4.78 is 64.3. The first-order valence-electron chi connectivity index (χ1n) is 7.60. The Labute approximate surface area is 151 Å². The summed E-state index contributed by atoms with van der Waals surface area (Å²) in [6, 6.07) is 6.70. The van der Waals surface area contributed by atoms with E-state index in [1.165, 1.54) is 12.1 Å². The number of sulfonamides is 1. The highest BCUT2D eigenvalue weighted by Gasteiger charge is 2.40. The Morgan fingerprint density at radius 2 is 1.96 bits per heavy atom. The van der Waals surface area contributed by atoms with Crippen molar-refractivity contribution >= 4 is 32.4 Å². The second-order valence-corrected chi connectivity index (χ2v) is 8.36. The number of hydrogen-bond donors (Lipinski definition) is 1. The van der Waals surface area contributed by atoms with Crippen molar-refractivity contribution in [2.45, 2.75) is 30.0 Å². The van der Waals surface area contributed by atoms with Gasteiger partial charge in [-0.3, -0.25) is 4.79 Å². The van der Waals surface area contributed by atoms with Crippen LogP contribution in [0.3, 0.4) is 0 Å². The van der Waals surface area contributed by atoms with Crippen molar-refractivity contribution in [1.82, 2.24) is 9.29 Å². The summed E-state index contributed by atoms with van der Waals surface area (Å²) in [6.45, 7) is 0.168. The fourth-order valence-corrected chi connectivity index (χ4v) is 5.07. The molecule has 1 amide bonds. The van der Waals surface area contributed by atoms with Crippen LogP contribution < -0.4 is 5.32 Å². The first-order chi connectivity index (χ1) is 12.2. The summed E-state index contributed by atoms with van der Waals surface area (Å²) in [7, 11) is -3.87. The van der Waals surface area contributed by atoms with Crippen molar-refractivity contribution in [1.29, 1.82) is 0 Å². The van der Waals surface area contributed by atoms with Gasteiger partial charge in [0.05, 0.1) is 4.90 Å². The van der Waals surface area contributed by atoms with E-state index in [2.05, 4.69) is 10.3 Å². The monoisotopic (exact) mass is 405 g/mol. The molecule has 6 nitrogen and oxygen atoms in total. The molecule has 1 aliphatic heterocycles. The van der Waals surface area contributed by atoms with E-state index >= 15 is 0 Å². The van der Waals surface area contributed by atoms with Gasteiger partial charge in [-0.1, -0.05) is 18.2 Å². The van der Waals surface area contributed by atoms with Crippen molar-refractivity contribution in [2.24, 2.45) is 0 Å². The van der Waals surface area contributed by atoms with Gasteiger partial charge in [-0.05, 0) is 25.0 Å². The van der Waals surface area contributed by atoms with Gasteiger partial charge in [-0.15, -0.1) is 11.3 Å². The van der Waals surface area contributed by atoms with Crippen LogP contribution in [0.5, 0.6) is 0 Å². The maximum absolute atomic E-state index is 12.7. The number of anilines is 1. The normalized spacial score (nSPS) is 18.8. The lowest BCUT2D eigenvalue weighted by Gasteiger charge is -2.23. The number of carbonyl (C=O) groups is 1. The van der Waals surface area contributed by atoms with Crippen LogP contribution >= 0.6 is 11.3 Å². The van der Waals surface area contributed by atoms with Crippen LogP contribution in [0.2, 0.25) is 0 Å². The third-order valence-corrected chi connectivity index (χ3v) is 6.56. The van der Waals surface area contributed by atoms with E-state index in [1.807, 2.05) is 0 Å². The van der Waals surface area contributed by atoms with Crippen molar-refractivity contribution in [3.8, 4) is 0 Å². The standard InChI is InChI=1S/C15H14F3N3O3S2/c16-15(17,18)12-9-25-14(19-12)20-13(22)11-7-4-8-21(11)26(23,24)10-5-2-1-3-6-10/h1-3,5-6,9,11H,4,7-8H2,(H,19,20,22). The highest BCUT2D eigenvalue weighted by Crippen LogP contribution is 2.32. The summed E-state index contributed by atoms with van der Waals surface area (Å²) in [5, 5.41) is 2.87. The SMILES string of the molecule is O=C(Nc1nc(C(F)(F)F)cs1)C1CCCN1S(=O)(=O)c1ccccc1. The molecule has 0 radical (unpaired) electrons. The third-order valence-electron chi connectivity index (χ3n) is 3.88. The summed E-state index contributed by atoms with van der Waals surface area (Å²) in [6.07, 6.45) is -3.83. The van der Waals surface area contributed by atoms with E-state index in [4.69, 9.17) is 0 Å². The molecule has 1 aromatic carbocycles. The number of benzene rings is 1. The molecule has 1 unspecified atom stereocenters. The van der Waals surface area contributed by atoms with Gasteiger partial charge in [-0.2, -0.15) is 17.5 Å². The zero-order valence-corrected chi connectivity index (χ0v) is 14.9. The molecule has 26 heavy (non-hydrogen) atoms. The van der Waals surface area contributed by atoms with E-state index in [9.17, 15) is 26.4 Å². The lowest BCUT2D eigenvalue weighted by molar-refractivity contribution is -0.140. The average molecular weight is 405 g/mol. The Bertz CT molecular complexity index is 898. The predicted octanol–water partition coefficient (Wildman–Crippen LogP) is 2.95. The largest absolute Gasteiger partial charge is 0.434 e. The van der Waals surface area contributed by atoms with E-state index in [0.717, 1.165) is 9.69 Å². The minimum Gasteiger partial charge on any atom is -0.301 e. The number of aromatic nitrogens is 1. The smallest absolute Gasteiger partial charge is 0.301 e. The van der Waals surface area contributed by atoms with Crippen molar-refractivity contribution in [3.05, 3.63) is 41.4 Å². The highest BCUT2D eigenvalue weighted by molar-refractivity contribution is 7.89. The number of alkyl halides is 3. The molecule has 1 fully saturated rings. The number of nitrogens with zero attached hydrogens (tertiary/aromatic N) is 2. The molecular formula is C15H14F3N3O3S2. The number of rotatable bonds is 4. The second-order valence-electron chi connectivity index (χ2n) is 5.61. The number of carbonyl (C=O) groups excluding carboxylic acids is 1. The fourth-order valence-electron chi connectivity index (χ4n) is 2.67. The molecule has 1 N–H and O–H groups in total. The molecule has 0 aliphatic carbocycles. The van der Waals surface area contributed by atoms with Gasteiger partial charge in [0.2, 0.25) is 15.9 Å².